The first-order valence-electron chi connectivity index (χ1n) is 6.15. The molecule has 0 spiro atoms. The highest BCUT2D eigenvalue weighted by Gasteiger charge is 2.26. The van der Waals surface area contributed by atoms with Gasteiger partial charge in [-0.05, 0) is 31.9 Å². The van der Waals surface area contributed by atoms with Gasteiger partial charge >= 0.3 is 0 Å². The van der Waals surface area contributed by atoms with Crippen molar-refractivity contribution in [1.82, 2.24) is 5.32 Å². The summed E-state index contributed by atoms with van der Waals surface area (Å²) in [6.07, 6.45) is 2.30. The van der Waals surface area contributed by atoms with Gasteiger partial charge < -0.3 is 4.74 Å². The highest BCUT2D eigenvalue weighted by molar-refractivity contribution is 5.33. The van der Waals surface area contributed by atoms with Crippen LogP contribution in [0.5, 0.6) is 0 Å². The molecule has 2 nitrogen and oxygen atoms in total. The molecule has 2 rings (SSSR count). The van der Waals surface area contributed by atoms with E-state index in [4.69, 9.17) is 4.74 Å². The van der Waals surface area contributed by atoms with Gasteiger partial charge in [0.05, 0.1) is 13.2 Å². The molecular weight excluding hydrogens is 210 g/mol. The van der Waals surface area contributed by atoms with Gasteiger partial charge in [0.25, 0.3) is 0 Å². The maximum Gasteiger partial charge on any atom is 0.0645 e. The van der Waals surface area contributed by atoms with E-state index in [0.717, 1.165) is 31.7 Å². The molecule has 0 saturated carbocycles. The van der Waals surface area contributed by atoms with Crippen LogP contribution in [0.2, 0.25) is 0 Å². The number of hydrogen-bond donors (Lipinski definition) is 1. The van der Waals surface area contributed by atoms with E-state index in [1.165, 1.54) is 6.42 Å². The largest absolute Gasteiger partial charge is 0.380 e. The van der Waals surface area contributed by atoms with E-state index < -0.39 is 0 Å². The molecule has 1 atom stereocenters. The fraction of sp³-hybridized carbons (Fsp3) is 0.467. The molecule has 0 radical (unpaired) electrons. The zero-order chi connectivity index (χ0) is 12.0. The van der Waals surface area contributed by atoms with Crippen LogP contribution in [0.3, 0.4) is 0 Å². The molecular formula is C15H19NO. The molecule has 1 unspecified atom stereocenters. The van der Waals surface area contributed by atoms with Gasteiger partial charge in [-0.2, -0.15) is 0 Å². The molecule has 1 N–H and O–H groups in total. The standard InChI is InChI=1S/C15H19NO/c1-15(10-6-12-17-13-15)16-11-5-9-14-7-3-2-4-8-14/h2-4,7-8,16H,6,10-13H2,1H3. The van der Waals surface area contributed by atoms with Gasteiger partial charge in [-0.3, -0.25) is 5.32 Å². The molecule has 1 heterocycles. The fourth-order valence-corrected chi connectivity index (χ4v) is 2.00. The second-order valence-corrected chi connectivity index (χ2v) is 4.74. The summed E-state index contributed by atoms with van der Waals surface area (Å²) in [5.74, 6) is 6.31. The predicted octanol–water partition coefficient (Wildman–Crippen LogP) is 2.20. The van der Waals surface area contributed by atoms with Crippen LogP contribution in [-0.2, 0) is 4.74 Å². The summed E-state index contributed by atoms with van der Waals surface area (Å²) in [5, 5.41) is 3.47. The SMILES string of the molecule is CC1(NCC#Cc2ccccc2)CCCOC1. The third-order valence-corrected chi connectivity index (χ3v) is 3.05. The van der Waals surface area contributed by atoms with Crippen molar-refractivity contribution in [3.8, 4) is 11.8 Å². The van der Waals surface area contributed by atoms with Crippen LogP contribution in [0.25, 0.3) is 0 Å². The van der Waals surface area contributed by atoms with Crippen LogP contribution in [-0.4, -0.2) is 25.3 Å². The topological polar surface area (TPSA) is 21.3 Å². The first kappa shape index (κ1) is 12.2. The molecule has 0 amide bonds. The van der Waals surface area contributed by atoms with Crippen molar-refractivity contribution in [2.75, 3.05) is 19.8 Å². The monoisotopic (exact) mass is 229 g/mol. The van der Waals surface area contributed by atoms with E-state index in [1.807, 2.05) is 30.3 Å². The Morgan fingerprint density at radius 1 is 1.35 bits per heavy atom. The van der Waals surface area contributed by atoms with E-state index in [2.05, 4.69) is 24.1 Å². The zero-order valence-electron chi connectivity index (χ0n) is 10.3. The Hall–Kier alpha value is -1.30. The average molecular weight is 229 g/mol. The molecule has 0 aromatic heterocycles. The van der Waals surface area contributed by atoms with E-state index in [0.29, 0.717) is 0 Å². The number of rotatable bonds is 2. The van der Waals surface area contributed by atoms with Crippen LogP contribution < -0.4 is 5.32 Å². The molecule has 17 heavy (non-hydrogen) atoms. The number of benzene rings is 1. The molecule has 0 bridgehead atoms. The van der Waals surface area contributed by atoms with Crippen molar-refractivity contribution >= 4 is 0 Å². The Labute approximate surface area is 103 Å². The molecule has 1 aliphatic rings. The Balaban J connectivity index is 1.81. The van der Waals surface area contributed by atoms with Crippen molar-refractivity contribution in [1.29, 1.82) is 0 Å². The summed E-state index contributed by atoms with van der Waals surface area (Å²) >= 11 is 0. The Morgan fingerprint density at radius 3 is 2.88 bits per heavy atom. The number of nitrogens with one attached hydrogen (secondary N) is 1. The van der Waals surface area contributed by atoms with Crippen LogP contribution in [0, 0.1) is 11.8 Å². The summed E-state index contributed by atoms with van der Waals surface area (Å²) in [7, 11) is 0. The lowest BCUT2D eigenvalue weighted by atomic mass is 9.95. The Kier molecular flexibility index (Phi) is 4.19. The average Bonchev–Trinajstić information content (AvgIpc) is 2.37. The van der Waals surface area contributed by atoms with Crippen LogP contribution >= 0.6 is 0 Å². The number of hydrogen-bond acceptors (Lipinski definition) is 2. The van der Waals surface area contributed by atoms with Gasteiger partial charge in [0.1, 0.15) is 0 Å². The summed E-state index contributed by atoms with van der Waals surface area (Å²) in [6, 6.07) is 10.1. The maximum absolute atomic E-state index is 5.49. The minimum Gasteiger partial charge on any atom is -0.380 e. The maximum atomic E-state index is 5.49. The minimum atomic E-state index is 0.101. The summed E-state index contributed by atoms with van der Waals surface area (Å²) in [5.41, 5.74) is 1.17. The summed E-state index contributed by atoms with van der Waals surface area (Å²) in [4.78, 5) is 0. The molecule has 2 heteroatoms. The first-order chi connectivity index (χ1) is 8.29. The van der Waals surface area contributed by atoms with Crippen molar-refractivity contribution in [2.45, 2.75) is 25.3 Å². The fourth-order valence-electron chi connectivity index (χ4n) is 2.00. The van der Waals surface area contributed by atoms with Gasteiger partial charge in [0.15, 0.2) is 0 Å². The predicted molar refractivity (Wildman–Crippen MR) is 69.8 cm³/mol. The normalized spacial score (nSPS) is 23.8. The lowest BCUT2D eigenvalue weighted by Gasteiger charge is -2.33. The lowest BCUT2D eigenvalue weighted by molar-refractivity contribution is 0.0305. The molecule has 0 aliphatic carbocycles. The van der Waals surface area contributed by atoms with Crippen LogP contribution in [0.1, 0.15) is 25.3 Å². The van der Waals surface area contributed by atoms with Gasteiger partial charge in [-0.1, -0.05) is 30.0 Å². The van der Waals surface area contributed by atoms with E-state index in [9.17, 15) is 0 Å². The lowest BCUT2D eigenvalue weighted by Crippen LogP contribution is -2.49. The second-order valence-electron chi connectivity index (χ2n) is 4.74. The van der Waals surface area contributed by atoms with Crippen LogP contribution in [0.15, 0.2) is 30.3 Å². The smallest absolute Gasteiger partial charge is 0.0645 e. The highest BCUT2D eigenvalue weighted by atomic mass is 16.5. The molecule has 1 aromatic rings. The summed E-state index contributed by atoms with van der Waals surface area (Å²) < 4.78 is 5.49. The van der Waals surface area contributed by atoms with Gasteiger partial charge in [0.2, 0.25) is 0 Å². The van der Waals surface area contributed by atoms with Gasteiger partial charge in [-0.25, -0.2) is 0 Å². The molecule has 90 valence electrons. The van der Waals surface area contributed by atoms with Crippen molar-refractivity contribution in [2.24, 2.45) is 0 Å². The summed E-state index contributed by atoms with van der Waals surface area (Å²) in [6.45, 7) is 4.61. The van der Waals surface area contributed by atoms with Crippen molar-refractivity contribution in [3.05, 3.63) is 35.9 Å². The number of ether oxygens (including phenoxy) is 1. The van der Waals surface area contributed by atoms with E-state index >= 15 is 0 Å². The Morgan fingerprint density at radius 2 is 2.18 bits per heavy atom. The van der Waals surface area contributed by atoms with E-state index in [1.54, 1.807) is 0 Å². The van der Waals surface area contributed by atoms with Crippen molar-refractivity contribution < 1.29 is 4.74 Å². The third kappa shape index (κ3) is 3.89. The molecule has 1 saturated heterocycles. The molecule has 1 aliphatic heterocycles. The third-order valence-electron chi connectivity index (χ3n) is 3.05. The minimum absolute atomic E-state index is 0.101. The quantitative estimate of drug-likeness (QED) is 0.785. The first-order valence-corrected chi connectivity index (χ1v) is 6.15. The van der Waals surface area contributed by atoms with Gasteiger partial charge in [-0.15, -0.1) is 0 Å². The van der Waals surface area contributed by atoms with E-state index in [-0.39, 0.29) is 5.54 Å². The Bertz CT molecular complexity index is 396. The second kappa shape index (κ2) is 5.86. The van der Waals surface area contributed by atoms with Crippen molar-refractivity contribution in [3.63, 3.8) is 0 Å². The van der Waals surface area contributed by atoms with Gasteiger partial charge in [0, 0.05) is 17.7 Å². The molecule has 1 aromatic carbocycles. The zero-order valence-corrected chi connectivity index (χ0v) is 10.3. The highest BCUT2D eigenvalue weighted by Crippen LogP contribution is 2.17. The molecule has 1 fully saturated rings. The van der Waals surface area contributed by atoms with Crippen LogP contribution in [0.4, 0.5) is 0 Å².